The maximum atomic E-state index is 5.75. The van der Waals surface area contributed by atoms with Crippen LogP contribution in [0.1, 0.15) is 13.3 Å². The first-order chi connectivity index (χ1) is 15.2. The number of aromatic nitrogens is 1. The maximum Gasteiger partial charge on any atom is 0.194 e. The van der Waals surface area contributed by atoms with Gasteiger partial charge in [-0.25, -0.2) is 4.98 Å². The summed E-state index contributed by atoms with van der Waals surface area (Å²) in [6.07, 6.45) is 0.683. The summed E-state index contributed by atoms with van der Waals surface area (Å²) in [6.45, 7) is 29.3. The Hall–Kier alpha value is -3.77. The molecule has 5 nitrogen and oxygen atoms in total. The average Bonchev–Trinajstić information content (AvgIpc) is 3.28. The van der Waals surface area contributed by atoms with Crippen molar-refractivity contribution in [2.24, 2.45) is 0 Å². The topological polar surface area (TPSA) is 43.8 Å². The third kappa shape index (κ3) is 5.89. The average molecular weight is 449 g/mol. The van der Waals surface area contributed by atoms with Crippen molar-refractivity contribution in [2.45, 2.75) is 13.3 Å². The van der Waals surface area contributed by atoms with Crippen LogP contribution in [-0.2, 0) is 14.2 Å². The largest absolute Gasteiger partial charge is 0.493 e. The van der Waals surface area contributed by atoms with Gasteiger partial charge in [0.25, 0.3) is 0 Å². The minimum Gasteiger partial charge on any atom is -0.493 e. The fourth-order valence-corrected chi connectivity index (χ4v) is 3.38. The number of nitrogens with zero attached hydrogens (tertiary/aromatic N) is 2. The van der Waals surface area contributed by atoms with Crippen LogP contribution in [0.25, 0.3) is 11.3 Å². The Labute approximate surface area is 194 Å². The predicted octanol–water partition coefficient (Wildman–Crippen LogP) is 7.30. The first-order valence-electron chi connectivity index (χ1n) is 9.72. The summed E-state index contributed by atoms with van der Waals surface area (Å²) < 4.78 is 16.2. The lowest BCUT2D eigenvalue weighted by molar-refractivity contribution is 0.209. The third-order valence-electron chi connectivity index (χ3n) is 4.43. The van der Waals surface area contributed by atoms with Crippen LogP contribution in [0.3, 0.4) is 0 Å². The van der Waals surface area contributed by atoms with Crippen molar-refractivity contribution in [3.63, 3.8) is 0 Å². The molecular weight excluding hydrogens is 420 g/mol. The van der Waals surface area contributed by atoms with Gasteiger partial charge in [-0.15, -0.1) is 11.3 Å². The van der Waals surface area contributed by atoms with Crippen molar-refractivity contribution in [1.82, 2.24) is 4.98 Å². The van der Waals surface area contributed by atoms with Crippen molar-refractivity contribution >= 4 is 16.5 Å². The summed E-state index contributed by atoms with van der Waals surface area (Å²) in [5.41, 5.74) is 3.15. The quantitative estimate of drug-likeness (QED) is 0.238. The van der Waals surface area contributed by atoms with Crippen molar-refractivity contribution in [3.8, 4) is 11.3 Å². The van der Waals surface area contributed by atoms with E-state index in [9.17, 15) is 0 Å². The van der Waals surface area contributed by atoms with Crippen LogP contribution in [0, 0.1) is 0 Å². The SMILES string of the molecule is C=C(OC)C(=C)OC(=C)C(=C)OC(=C)C(=C)N(C(=C)CC)c1nc(-c2ccccc2)cs1. The molecule has 1 heterocycles. The molecule has 0 fully saturated rings. The van der Waals surface area contributed by atoms with Gasteiger partial charge in [0, 0.05) is 16.6 Å². The van der Waals surface area contributed by atoms with Crippen LogP contribution in [0.15, 0.2) is 122 Å². The molecule has 0 saturated carbocycles. The molecule has 0 saturated heterocycles. The van der Waals surface area contributed by atoms with Gasteiger partial charge in [0.05, 0.1) is 18.5 Å². The van der Waals surface area contributed by atoms with E-state index in [0.717, 1.165) is 17.0 Å². The second-order valence-corrected chi connectivity index (χ2v) is 7.44. The molecule has 0 bridgehead atoms. The Morgan fingerprint density at radius 2 is 1.44 bits per heavy atom. The molecule has 0 amide bonds. The van der Waals surface area contributed by atoms with Gasteiger partial charge in [0.1, 0.15) is 5.76 Å². The van der Waals surface area contributed by atoms with Gasteiger partial charge < -0.3 is 14.2 Å². The smallest absolute Gasteiger partial charge is 0.194 e. The summed E-state index contributed by atoms with van der Waals surface area (Å²) in [6, 6.07) is 9.94. The summed E-state index contributed by atoms with van der Waals surface area (Å²) in [4.78, 5) is 6.58. The molecule has 0 radical (unpaired) electrons. The molecule has 2 rings (SSSR count). The van der Waals surface area contributed by atoms with Crippen LogP contribution >= 0.6 is 11.3 Å². The first kappa shape index (κ1) is 24.5. The van der Waals surface area contributed by atoms with Crippen molar-refractivity contribution in [2.75, 3.05) is 12.0 Å². The summed E-state index contributed by atoms with van der Waals surface area (Å²) >= 11 is 1.48. The summed E-state index contributed by atoms with van der Waals surface area (Å²) in [5.74, 6) is 1.01. The monoisotopic (exact) mass is 448 g/mol. The van der Waals surface area contributed by atoms with E-state index < -0.39 is 0 Å². The molecule has 1 aromatic heterocycles. The van der Waals surface area contributed by atoms with E-state index >= 15 is 0 Å². The van der Waals surface area contributed by atoms with E-state index in [2.05, 4.69) is 46.1 Å². The summed E-state index contributed by atoms with van der Waals surface area (Å²) in [7, 11) is 1.47. The van der Waals surface area contributed by atoms with Gasteiger partial charge in [-0.2, -0.15) is 0 Å². The van der Waals surface area contributed by atoms with E-state index in [4.69, 9.17) is 19.2 Å². The highest BCUT2D eigenvalue weighted by Gasteiger charge is 2.21. The molecule has 2 aromatic rings. The number of anilines is 1. The van der Waals surface area contributed by atoms with E-state index in [1.807, 2.05) is 47.5 Å². The van der Waals surface area contributed by atoms with Gasteiger partial charge in [-0.3, -0.25) is 4.90 Å². The maximum absolute atomic E-state index is 5.75. The number of benzene rings is 1. The highest BCUT2D eigenvalue weighted by atomic mass is 32.1. The minimum absolute atomic E-state index is 0.142. The highest BCUT2D eigenvalue weighted by Crippen LogP contribution is 2.34. The lowest BCUT2D eigenvalue weighted by Gasteiger charge is -2.27. The van der Waals surface area contributed by atoms with Crippen molar-refractivity contribution in [1.29, 1.82) is 0 Å². The number of rotatable bonds is 13. The molecule has 0 aliphatic rings. The Morgan fingerprint density at radius 1 is 0.875 bits per heavy atom. The summed E-state index contributed by atoms with van der Waals surface area (Å²) in [5, 5.41) is 2.69. The van der Waals surface area contributed by atoms with Gasteiger partial charge in [-0.05, 0) is 6.42 Å². The Bertz CT molecular complexity index is 1080. The van der Waals surface area contributed by atoms with E-state index in [1.165, 1.54) is 18.4 Å². The molecule has 0 N–H and O–H groups in total. The lowest BCUT2D eigenvalue weighted by atomic mass is 10.2. The molecule has 166 valence electrons. The Morgan fingerprint density at radius 3 is 2.00 bits per heavy atom. The standard InChI is InChI=1S/C26H28N2O3S/c1-10-17(2)28(26-27-25(16-32-26)24-14-12-11-13-15-24)18(3)19(4)30-22(7)23(8)31-21(6)20(5)29-9/h11-16H,2-8,10H2,1,9H3. The molecule has 0 unspecified atom stereocenters. The zero-order valence-electron chi connectivity index (χ0n) is 18.6. The van der Waals surface area contributed by atoms with Gasteiger partial charge in [0.15, 0.2) is 28.2 Å². The van der Waals surface area contributed by atoms with E-state index in [0.29, 0.717) is 17.2 Å². The van der Waals surface area contributed by atoms with E-state index in [-0.39, 0.29) is 28.8 Å². The second-order valence-electron chi connectivity index (χ2n) is 6.61. The minimum atomic E-state index is 0.142. The molecule has 6 heteroatoms. The molecule has 32 heavy (non-hydrogen) atoms. The second kappa shape index (κ2) is 11.0. The number of ether oxygens (including phenoxy) is 3. The highest BCUT2D eigenvalue weighted by molar-refractivity contribution is 7.14. The molecule has 1 aromatic carbocycles. The Kier molecular flexibility index (Phi) is 8.44. The van der Waals surface area contributed by atoms with Crippen LogP contribution < -0.4 is 4.90 Å². The van der Waals surface area contributed by atoms with Crippen LogP contribution in [0.4, 0.5) is 5.13 Å². The third-order valence-corrected chi connectivity index (χ3v) is 5.26. The predicted molar refractivity (Wildman–Crippen MR) is 133 cm³/mol. The van der Waals surface area contributed by atoms with Gasteiger partial charge in [-0.1, -0.05) is 83.3 Å². The van der Waals surface area contributed by atoms with Crippen LogP contribution in [-0.4, -0.2) is 12.1 Å². The number of hydrogen-bond donors (Lipinski definition) is 0. The number of hydrogen-bond acceptors (Lipinski definition) is 6. The number of methoxy groups -OCH3 is 1. The van der Waals surface area contributed by atoms with Crippen molar-refractivity contribution < 1.29 is 14.2 Å². The zero-order valence-corrected chi connectivity index (χ0v) is 19.5. The molecule has 0 atom stereocenters. The first-order valence-corrected chi connectivity index (χ1v) is 10.6. The Balaban J connectivity index is 2.17. The fourth-order valence-electron chi connectivity index (χ4n) is 2.47. The van der Waals surface area contributed by atoms with Crippen molar-refractivity contribution in [3.05, 3.63) is 122 Å². The number of thiazole rings is 1. The molecule has 0 spiro atoms. The van der Waals surface area contributed by atoms with E-state index in [1.54, 1.807) is 0 Å². The molecule has 0 aliphatic carbocycles. The van der Waals surface area contributed by atoms with Crippen LogP contribution in [0.2, 0.25) is 0 Å². The van der Waals surface area contributed by atoms with Gasteiger partial charge >= 0.3 is 0 Å². The number of allylic oxidation sites excluding steroid dienone is 1. The van der Waals surface area contributed by atoms with Crippen LogP contribution in [0.5, 0.6) is 0 Å². The zero-order chi connectivity index (χ0) is 23.8. The molecular formula is C26H28N2O3S. The van der Waals surface area contributed by atoms with Gasteiger partial charge in [0.2, 0.25) is 0 Å². The normalized spacial score (nSPS) is 9.94. The molecule has 0 aliphatic heterocycles. The lowest BCUT2D eigenvalue weighted by Crippen LogP contribution is -2.22. The fraction of sp³-hybridized carbons (Fsp3) is 0.115.